The third-order valence-corrected chi connectivity index (χ3v) is 4.04. The molecule has 0 aliphatic carbocycles. The van der Waals surface area contributed by atoms with Crippen molar-refractivity contribution in [1.29, 1.82) is 0 Å². The minimum atomic E-state index is 0.490. The number of nitrogens with one attached hydrogen (secondary N) is 1. The highest BCUT2D eigenvalue weighted by Crippen LogP contribution is 2.19. The summed E-state index contributed by atoms with van der Waals surface area (Å²) in [6.07, 6.45) is 5.09. The highest BCUT2D eigenvalue weighted by atomic mass is 16.5. The van der Waals surface area contributed by atoms with Gasteiger partial charge >= 0.3 is 0 Å². The zero-order valence-electron chi connectivity index (χ0n) is 11.0. The second kappa shape index (κ2) is 5.38. The number of likely N-dealkylation sites (N-methyl/N-ethyl adjacent to an activating group) is 1. The van der Waals surface area contributed by atoms with Crippen LogP contribution in [-0.4, -0.2) is 52.8 Å². The fourth-order valence-electron chi connectivity index (χ4n) is 3.06. The molecule has 100 valence electrons. The van der Waals surface area contributed by atoms with E-state index in [-0.39, 0.29) is 0 Å². The van der Waals surface area contributed by atoms with Gasteiger partial charge in [-0.25, -0.2) is 4.98 Å². The van der Waals surface area contributed by atoms with Crippen LogP contribution in [0, 0.1) is 0 Å². The van der Waals surface area contributed by atoms with Gasteiger partial charge in [-0.2, -0.15) is 0 Å². The minimum Gasteiger partial charge on any atom is -0.380 e. The van der Waals surface area contributed by atoms with Gasteiger partial charge in [-0.3, -0.25) is 4.90 Å². The topological polar surface area (TPSA) is 42.3 Å². The molecule has 2 unspecified atom stereocenters. The summed E-state index contributed by atoms with van der Waals surface area (Å²) >= 11 is 0. The van der Waals surface area contributed by atoms with Crippen molar-refractivity contribution in [2.75, 3.05) is 26.3 Å². The van der Waals surface area contributed by atoms with Gasteiger partial charge in [0.2, 0.25) is 0 Å². The van der Waals surface area contributed by atoms with E-state index in [1.807, 2.05) is 6.20 Å². The number of aromatic nitrogens is 2. The Labute approximate surface area is 108 Å². The molecule has 1 N–H and O–H groups in total. The summed E-state index contributed by atoms with van der Waals surface area (Å²) in [5.74, 6) is 1.18. The number of ether oxygens (including phenoxy) is 1. The van der Waals surface area contributed by atoms with E-state index in [2.05, 4.69) is 32.9 Å². The predicted molar refractivity (Wildman–Crippen MR) is 69.3 cm³/mol. The van der Waals surface area contributed by atoms with Gasteiger partial charge in [0.15, 0.2) is 0 Å². The third kappa shape index (κ3) is 2.30. The summed E-state index contributed by atoms with van der Waals surface area (Å²) in [5.41, 5.74) is 0. The maximum Gasteiger partial charge on any atom is 0.122 e. The number of hydrogen-bond acceptors (Lipinski definition) is 4. The van der Waals surface area contributed by atoms with Crippen molar-refractivity contribution in [3.05, 3.63) is 18.2 Å². The second-order valence-electron chi connectivity index (χ2n) is 5.10. The maximum absolute atomic E-state index is 5.67. The minimum absolute atomic E-state index is 0.490. The highest BCUT2D eigenvalue weighted by molar-refractivity contribution is 4.98. The molecule has 0 saturated carbocycles. The largest absolute Gasteiger partial charge is 0.380 e. The smallest absolute Gasteiger partial charge is 0.122 e. The second-order valence-corrected chi connectivity index (χ2v) is 5.10. The molecule has 0 radical (unpaired) electrons. The van der Waals surface area contributed by atoms with Gasteiger partial charge in [-0.1, -0.05) is 6.92 Å². The van der Waals surface area contributed by atoms with Crippen LogP contribution in [0.3, 0.4) is 0 Å². The summed E-state index contributed by atoms with van der Waals surface area (Å²) in [6, 6.07) is 1.05. The molecule has 1 aromatic heterocycles. The van der Waals surface area contributed by atoms with Crippen LogP contribution in [0.15, 0.2) is 12.4 Å². The van der Waals surface area contributed by atoms with Crippen LogP contribution in [0.4, 0.5) is 0 Å². The molecular weight excluding hydrogens is 228 g/mol. The van der Waals surface area contributed by atoms with Gasteiger partial charge in [-0.15, -0.1) is 0 Å². The number of nitrogens with zero attached hydrogens (tertiary/aromatic N) is 3. The fourth-order valence-corrected chi connectivity index (χ4v) is 3.06. The average Bonchev–Trinajstić information content (AvgIpc) is 2.87. The van der Waals surface area contributed by atoms with E-state index in [9.17, 15) is 0 Å². The first-order chi connectivity index (χ1) is 8.88. The van der Waals surface area contributed by atoms with Crippen molar-refractivity contribution in [1.82, 2.24) is 19.8 Å². The Hall–Kier alpha value is -0.910. The predicted octanol–water partition coefficient (Wildman–Crippen LogP) is 0.466. The zero-order chi connectivity index (χ0) is 12.4. The lowest BCUT2D eigenvalue weighted by molar-refractivity contribution is -0.0129. The van der Waals surface area contributed by atoms with Crippen molar-refractivity contribution in [3.63, 3.8) is 0 Å². The number of imidazole rings is 1. The van der Waals surface area contributed by atoms with Gasteiger partial charge in [0.1, 0.15) is 5.82 Å². The van der Waals surface area contributed by atoms with Gasteiger partial charge in [0.25, 0.3) is 0 Å². The van der Waals surface area contributed by atoms with Gasteiger partial charge in [0, 0.05) is 44.2 Å². The quantitative estimate of drug-likeness (QED) is 0.846. The number of fused-ring (bicyclic) bond motifs is 1. The molecule has 3 heterocycles. The molecule has 1 aromatic rings. The third-order valence-electron chi connectivity index (χ3n) is 4.04. The lowest BCUT2D eigenvalue weighted by Crippen LogP contribution is -2.56. The Morgan fingerprint density at radius 3 is 3.33 bits per heavy atom. The molecule has 3 rings (SSSR count). The summed E-state index contributed by atoms with van der Waals surface area (Å²) in [4.78, 5) is 6.96. The van der Waals surface area contributed by atoms with E-state index in [0.717, 1.165) is 45.8 Å². The molecule has 18 heavy (non-hydrogen) atoms. The summed E-state index contributed by atoms with van der Waals surface area (Å²) in [7, 11) is 0. The summed E-state index contributed by atoms with van der Waals surface area (Å²) < 4.78 is 7.92. The van der Waals surface area contributed by atoms with Gasteiger partial charge in [0.05, 0.1) is 13.2 Å². The monoisotopic (exact) mass is 250 g/mol. The van der Waals surface area contributed by atoms with Crippen LogP contribution in [0.5, 0.6) is 0 Å². The Morgan fingerprint density at radius 1 is 1.50 bits per heavy atom. The standard InChI is InChI=1S/C13H22N4O/c1-2-14-11-3-8-18-10-12(11)17-7-6-16-5-4-15-13(16)9-17/h4-5,11-12,14H,2-3,6-10H2,1H3. The molecule has 5 nitrogen and oxygen atoms in total. The number of rotatable bonds is 3. The van der Waals surface area contributed by atoms with Crippen LogP contribution in [-0.2, 0) is 17.8 Å². The van der Waals surface area contributed by atoms with Crippen LogP contribution >= 0.6 is 0 Å². The summed E-state index contributed by atoms with van der Waals surface area (Å²) in [6.45, 7) is 8.03. The van der Waals surface area contributed by atoms with Crippen molar-refractivity contribution in [2.24, 2.45) is 0 Å². The zero-order valence-corrected chi connectivity index (χ0v) is 11.0. The van der Waals surface area contributed by atoms with Gasteiger partial charge in [-0.05, 0) is 13.0 Å². The fraction of sp³-hybridized carbons (Fsp3) is 0.769. The van der Waals surface area contributed by atoms with E-state index in [0.29, 0.717) is 12.1 Å². The van der Waals surface area contributed by atoms with Crippen LogP contribution < -0.4 is 5.32 Å². The first-order valence-electron chi connectivity index (χ1n) is 6.93. The van der Waals surface area contributed by atoms with Gasteiger partial charge < -0.3 is 14.6 Å². The Morgan fingerprint density at radius 2 is 2.44 bits per heavy atom. The maximum atomic E-state index is 5.67. The molecule has 0 aromatic carbocycles. The summed E-state index contributed by atoms with van der Waals surface area (Å²) in [5, 5.41) is 3.60. The lowest BCUT2D eigenvalue weighted by Gasteiger charge is -2.41. The molecule has 0 bridgehead atoms. The van der Waals surface area contributed by atoms with Crippen LogP contribution in [0.2, 0.25) is 0 Å². The normalized spacial score (nSPS) is 29.2. The van der Waals surface area contributed by atoms with E-state index < -0.39 is 0 Å². The molecule has 2 atom stereocenters. The lowest BCUT2D eigenvalue weighted by atomic mass is 10.0. The molecule has 5 heteroatoms. The SMILES string of the molecule is CCNC1CCOCC1N1CCn2ccnc2C1. The first-order valence-corrected chi connectivity index (χ1v) is 6.93. The molecule has 0 spiro atoms. The first kappa shape index (κ1) is 12.1. The molecule has 1 fully saturated rings. The van der Waals surface area contributed by atoms with Crippen LogP contribution in [0.25, 0.3) is 0 Å². The van der Waals surface area contributed by atoms with E-state index in [4.69, 9.17) is 4.74 Å². The van der Waals surface area contributed by atoms with E-state index in [1.54, 1.807) is 0 Å². The molecule has 0 amide bonds. The highest BCUT2D eigenvalue weighted by Gasteiger charge is 2.32. The number of hydrogen-bond donors (Lipinski definition) is 1. The van der Waals surface area contributed by atoms with E-state index >= 15 is 0 Å². The van der Waals surface area contributed by atoms with Crippen molar-refractivity contribution >= 4 is 0 Å². The van der Waals surface area contributed by atoms with Crippen molar-refractivity contribution in [3.8, 4) is 0 Å². The Balaban J connectivity index is 1.70. The van der Waals surface area contributed by atoms with Crippen molar-refractivity contribution in [2.45, 2.75) is 38.5 Å². The van der Waals surface area contributed by atoms with Crippen LogP contribution in [0.1, 0.15) is 19.2 Å². The van der Waals surface area contributed by atoms with Crippen molar-refractivity contribution < 1.29 is 4.74 Å². The van der Waals surface area contributed by atoms with E-state index in [1.165, 1.54) is 5.82 Å². The molecule has 1 saturated heterocycles. The Kier molecular flexibility index (Phi) is 3.63. The molecule has 2 aliphatic heterocycles. The Bertz CT molecular complexity index is 390. The molecule has 2 aliphatic rings. The average molecular weight is 250 g/mol. The molecular formula is C13H22N4O.